The van der Waals surface area contributed by atoms with Gasteiger partial charge in [0.15, 0.2) is 0 Å². The van der Waals surface area contributed by atoms with E-state index in [2.05, 4.69) is 57.2 Å². The predicted octanol–water partition coefficient (Wildman–Crippen LogP) is -2.33. The van der Waals surface area contributed by atoms with Crippen LogP contribution < -0.4 is 43.4 Å². The van der Waals surface area contributed by atoms with Crippen molar-refractivity contribution in [2.75, 3.05) is 31.1 Å². The van der Waals surface area contributed by atoms with Crippen LogP contribution in [0.2, 0.25) is 0 Å². The highest BCUT2D eigenvalue weighted by atomic mass is 32.1. The Morgan fingerprint density at radius 2 is 1.22 bits per heavy atom. The Morgan fingerprint density at radius 3 is 1.74 bits per heavy atom. The standard InChI is InChI=1S/C44H70N10O12S2/c1-23(2)19-30(50-41(62)33-10-7-17-53(33)42(63)28(46)21-67)39(60)52-35(25(4)55)43(64)54-18-8-11-34(54)40(61)48-29(9-5-6-16-45)37(58)47-24(3)36(57)49-31(20-26-12-14-27(56)15-13-26)38(59)51-32(22-68)44(65)66/h12-15,23-25,28-35,55-56,67-68H,5-11,16-22,45-46H2,1-4H3,(H,47,58)(H,48,61)(H,49,57)(H,50,62)(H,51,59)(H,52,60)(H,65,66)/t24-,25+,28-,29-,30-,31-,32-,33-,34-,35-/m0/s1. The Kier molecular flexibility index (Phi) is 23.3. The minimum absolute atomic E-state index is 0.0431. The first-order valence-corrected chi connectivity index (χ1v) is 24.2. The van der Waals surface area contributed by atoms with Gasteiger partial charge in [-0.2, -0.15) is 25.3 Å². The SMILES string of the molecule is CC(C)C[C@H](NC(=O)[C@@H]1CCCN1C(=O)[C@@H](N)CS)C(=O)N[C@H](C(=O)N1CCC[C@H]1C(=O)N[C@@H](CCCCN)C(=O)N[C@@H](C)C(=O)N[C@@H](Cc1ccc(O)cc1)C(=O)N[C@@H](CS)C(=O)O)[C@@H](C)O. The second-order valence-electron chi connectivity index (χ2n) is 17.7. The Bertz CT molecular complexity index is 1930. The number of hydrogen-bond acceptors (Lipinski definition) is 15. The molecule has 0 saturated carbocycles. The minimum atomic E-state index is -1.55. The molecule has 380 valence electrons. The van der Waals surface area contributed by atoms with Crippen molar-refractivity contribution in [1.29, 1.82) is 0 Å². The zero-order chi connectivity index (χ0) is 50.8. The van der Waals surface area contributed by atoms with Crippen LogP contribution in [0.1, 0.15) is 84.6 Å². The van der Waals surface area contributed by atoms with Crippen molar-refractivity contribution in [3.05, 3.63) is 29.8 Å². The molecule has 8 amide bonds. The summed E-state index contributed by atoms with van der Waals surface area (Å²) in [6, 6.07) is -5.05. The molecule has 1 aromatic rings. The van der Waals surface area contributed by atoms with E-state index in [0.29, 0.717) is 44.2 Å². The number of aliphatic hydroxyl groups is 1. The number of unbranched alkanes of at least 4 members (excludes halogenated alkanes) is 1. The monoisotopic (exact) mass is 994 g/mol. The molecule has 0 aliphatic carbocycles. The third kappa shape index (κ3) is 16.8. The molecule has 0 aromatic heterocycles. The first kappa shape index (κ1) is 57.1. The van der Waals surface area contributed by atoms with E-state index < -0.39 is 114 Å². The van der Waals surface area contributed by atoms with Crippen LogP contribution in [0.4, 0.5) is 0 Å². The van der Waals surface area contributed by atoms with E-state index in [1.165, 1.54) is 47.9 Å². The molecule has 2 heterocycles. The van der Waals surface area contributed by atoms with Crippen molar-refractivity contribution in [1.82, 2.24) is 41.7 Å². The van der Waals surface area contributed by atoms with Gasteiger partial charge in [0, 0.05) is 31.0 Å². The summed E-state index contributed by atoms with van der Waals surface area (Å²) in [5.74, 6) is -7.36. The van der Waals surface area contributed by atoms with Gasteiger partial charge in [0.05, 0.1) is 12.1 Å². The number of likely N-dealkylation sites (tertiary alicyclic amines) is 2. The second kappa shape index (κ2) is 27.7. The number of carbonyl (C=O) groups is 9. The molecule has 13 N–H and O–H groups in total. The van der Waals surface area contributed by atoms with Gasteiger partial charge in [-0.15, -0.1) is 0 Å². The quantitative estimate of drug-likeness (QED) is 0.0342. The Balaban J connectivity index is 1.75. The molecule has 0 unspecified atom stereocenters. The number of phenols is 1. The number of thiol groups is 2. The van der Waals surface area contributed by atoms with Crippen LogP contribution in [0.25, 0.3) is 0 Å². The summed E-state index contributed by atoms with van der Waals surface area (Å²) in [4.78, 5) is 123. The van der Waals surface area contributed by atoms with Gasteiger partial charge in [-0.1, -0.05) is 26.0 Å². The Hall–Kier alpha value is -5.17. The van der Waals surface area contributed by atoms with Crippen molar-refractivity contribution in [3.63, 3.8) is 0 Å². The number of aromatic hydroxyl groups is 1. The number of phenolic OH excluding ortho intramolecular Hbond substituents is 1. The average Bonchev–Trinajstić information content (AvgIpc) is 4.00. The molecule has 0 radical (unpaired) electrons. The summed E-state index contributed by atoms with van der Waals surface area (Å²) in [5.41, 5.74) is 12.1. The van der Waals surface area contributed by atoms with Crippen LogP contribution >= 0.6 is 25.3 Å². The maximum Gasteiger partial charge on any atom is 0.327 e. The zero-order valence-electron chi connectivity index (χ0n) is 39.0. The number of carboxylic acid groups (broad SMARTS) is 1. The highest BCUT2D eigenvalue weighted by Gasteiger charge is 2.42. The van der Waals surface area contributed by atoms with Gasteiger partial charge in [-0.25, -0.2) is 4.79 Å². The number of amides is 8. The normalized spacial score (nSPS) is 19.3. The van der Waals surface area contributed by atoms with E-state index in [0.717, 1.165) is 0 Å². The molecule has 2 saturated heterocycles. The topological polar surface area (TPSA) is 345 Å². The van der Waals surface area contributed by atoms with Gasteiger partial charge in [0.2, 0.25) is 47.3 Å². The molecule has 22 nitrogen and oxygen atoms in total. The molecule has 68 heavy (non-hydrogen) atoms. The molecular weight excluding hydrogens is 925 g/mol. The fraction of sp³-hybridized carbons (Fsp3) is 0.659. The summed E-state index contributed by atoms with van der Waals surface area (Å²) in [7, 11) is 0. The fourth-order valence-electron chi connectivity index (χ4n) is 7.93. The highest BCUT2D eigenvalue weighted by molar-refractivity contribution is 7.80. The molecule has 2 fully saturated rings. The lowest BCUT2D eigenvalue weighted by molar-refractivity contribution is -0.145. The summed E-state index contributed by atoms with van der Waals surface area (Å²) in [6.45, 7) is 6.96. The van der Waals surface area contributed by atoms with Crippen molar-refractivity contribution in [3.8, 4) is 5.75 Å². The summed E-state index contributed by atoms with van der Waals surface area (Å²) < 4.78 is 0. The largest absolute Gasteiger partial charge is 0.508 e. The van der Waals surface area contributed by atoms with Gasteiger partial charge in [0.25, 0.3) is 0 Å². The van der Waals surface area contributed by atoms with Crippen molar-refractivity contribution in [2.45, 2.75) is 146 Å². The maximum atomic E-state index is 14.2. The fourth-order valence-corrected chi connectivity index (χ4v) is 8.33. The van der Waals surface area contributed by atoms with E-state index in [1.807, 2.05) is 13.8 Å². The van der Waals surface area contributed by atoms with Crippen LogP contribution in [-0.2, 0) is 49.6 Å². The van der Waals surface area contributed by atoms with Crippen LogP contribution in [0, 0.1) is 5.92 Å². The van der Waals surface area contributed by atoms with Gasteiger partial charge >= 0.3 is 5.97 Å². The lowest BCUT2D eigenvalue weighted by Crippen LogP contribution is -2.61. The van der Waals surface area contributed by atoms with E-state index in [-0.39, 0.29) is 61.9 Å². The van der Waals surface area contributed by atoms with Gasteiger partial charge in [-0.05, 0) is 95.4 Å². The number of nitrogens with one attached hydrogen (secondary N) is 6. The molecular formula is C44H70N10O12S2. The number of aliphatic hydroxyl groups excluding tert-OH is 1. The van der Waals surface area contributed by atoms with E-state index in [1.54, 1.807) is 0 Å². The number of rotatable bonds is 26. The number of aliphatic carboxylic acids is 1. The number of carboxylic acids is 1. The highest BCUT2D eigenvalue weighted by Crippen LogP contribution is 2.22. The third-order valence-electron chi connectivity index (χ3n) is 11.7. The molecule has 24 heteroatoms. The lowest BCUT2D eigenvalue weighted by atomic mass is 10.0. The molecule has 2 aliphatic rings. The third-order valence-corrected chi connectivity index (χ3v) is 12.5. The summed E-state index contributed by atoms with van der Waals surface area (Å²) >= 11 is 8.08. The summed E-state index contributed by atoms with van der Waals surface area (Å²) in [5, 5.41) is 45.5. The Morgan fingerprint density at radius 1 is 0.691 bits per heavy atom. The zero-order valence-corrected chi connectivity index (χ0v) is 40.8. The molecule has 2 aliphatic heterocycles. The number of benzene rings is 1. The van der Waals surface area contributed by atoms with Gasteiger partial charge in [0.1, 0.15) is 54.1 Å². The van der Waals surface area contributed by atoms with E-state index >= 15 is 0 Å². The van der Waals surface area contributed by atoms with E-state index in [9.17, 15) is 58.5 Å². The first-order valence-electron chi connectivity index (χ1n) is 22.9. The molecule has 3 rings (SSSR count). The van der Waals surface area contributed by atoms with Crippen molar-refractivity contribution >= 4 is 78.5 Å². The smallest absolute Gasteiger partial charge is 0.327 e. The van der Waals surface area contributed by atoms with Crippen molar-refractivity contribution < 1.29 is 58.5 Å². The van der Waals surface area contributed by atoms with Gasteiger partial charge < -0.3 is 68.5 Å². The maximum absolute atomic E-state index is 14.2. The number of nitrogens with two attached hydrogens (primary N) is 2. The molecule has 1 aromatic carbocycles. The number of carbonyl (C=O) groups excluding carboxylic acids is 8. The minimum Gasteiger partial charge on any atom is -0.508 e. The predicted molar refractivity (Wildman–Crippen MR) is 256 cm³/mol. The van der Waals surface area contributed by atoms with Crippen LogP contribution in [0.5, 0.6) is 5.75 Å². The molecule has 10 atom stereocenters. The average molecular weight is 995 g/mol. The first-order chi connectivity index (χ1) is 32.1. The molecule has 0 bridgehead atoms. The van der Waals surface area contributed by atoms with Gasteiger partial charge in [-0.3, -0.25) is 38.4 Å². The number of hydrogen-bond donors (Lipinski definition) is 13. The molecule has 0 spiro atoms. The van der Waals surface area contributed by atoms with Crippen LogP contribution in [0.15, 0.2) is 24.3 Å². The second-order valence-corrected chi connectivity index (χ2v) is 18.4. The van der Waals surface area contributed by atoms with Crippen molar-refractivity contribution in [2.24, 2.45) is 17.4 Å². The number of nitrogens with zero attached hydrogens (tertiary/aromatic N) is 2. The summed E-state index contributed by atoms with van der Waals surface area (Å²) in [6.07, 6.45) is 0.972. The Labute approximate surface area is 407 Å². The lowest BCUT2D eigenvalue weighted by Gasteiger charge is -2.32. The van der Waals surface area contributed by atoms with Crippen LogP contribution in [0.3, 0.4) is 0 Å². The van der Waals surface area contributed by atoms with Crippen LogP contribution in [-0.4, -0.2) is 170 Å². The van der Waals surface area contributed by atoms with E-state index in [4.69, 9.17) is 11.5 Å².